The summed E-state index contributed by atoms with van der Waals surface area (Å²) in [5.41, 5.74) is 5.25. The van der Waals surface area contributed by atoms with E-state index >= 15 is 0 Å². The maximum atomic E-state index is 11.0. The van der Waals surface area contributed by atoms with E-state index in [1.165, 1.54) is 0 Å². The molecule has 0 heterocycles. The van der Waals surface area contributed by atoms with Gasteiger partial charge in [-0.25, -0.2) is 0 Å². The zero-order valence-corrected chi connectivity index (χ0v) is 8.26. The van der Waals surface area contributed by atoms with Gasteiger partial charge in [0, 0.05) is 0 Å². The van der Waals surface area contributed by atoms with Crippen LogP contribution in [-0.2, 0) is 4.79 Å². The quantitative estimate of drug-likeness (QED) is 0.625. The van der Waals surface area contributed by atoms with Gasteiger partial charge in [-0.1, -0.05) is 27.2 Å². The van der Waals surface area contributed by atoms with E-state index in [1.54, 1.807) is 0 Å². The van der Waals surface area contributed by atoms with Crippen molar-refractivity contribution in [2.24, 2.45) is 11.7 Å². The minimum atomic E-state index is -0.238. The SMILES string of the molecule is CCCNC(C(N)=O)C(C)CC. The number of nitrogens with one attached hydrogen (secondary N) is 1. The normalized spacial score (nSPS) is 15.6. The molecule has 0 aliphatic rings. The van der Waals surface area contributed by atoms with Crippen LogP contribution < -0.4 is 11.1 Å². The summed E-state index contributed by atoms with van der Waals surface area (Å²) in [5.74, 6) is 0.0897. The zero-order chi connectivity index (χ0) is 9.56. The Morgan fingerprint density at radius 2 is 2.08 bits per heavy atom. The van der Waals surface area contributed by atoms with Gasteiger partial charge < -0.3 is 11.1 Å². The summed E-state index contributed by atoms with van der Waals surface area (Å²) in [6.07, 6.45) is 2.00. The highest BCUT2D eigenvalue weighted by atomic mass is 16.1. The summed E-state index contributed by atoms with van der Waals surface area (Å²) in [5, 5.41) is 3.14. The fourth-order valence-corrected chi connectivity index (χ4v) is 1.12. The molecule has 72 valence electrons. The summed E-state index contributed by atoms with van der Waals surface area (Å²) in [4.78, 5) is 11.0. The first-order valence-electron chi connectivity index (χ1n) is 4.66. The molecule has 2 atom stereocenters. The van der Waals surface area contributed by atoms with Crippen LogP contribution >= 0.6 is 0 Å². The number of carbonyl (C=O) groups excluding carboxylic acids is 1. The number of carbonyl (C=O) groups is 1. The van der Waals surface area contributed by atoms with Crippen molar-refractivity contribution in [1.82, 2.24) is 5.32 Å². The van der Waals surface area contributed by atoms with Crippen molar-refractivity contribution in [3.63, 3.8) is 0 Å². The van der Waals surface area contributed by atoms with Gasteiger partial charge in [0.15, 0.2) is 0 Å². The van der Waals surface area contributed by atoms with Crippen LogP contribution in [0.2, 0.25) is 0 Å². The van der Waals surface area contributed by atoms with E-state index in [0.717, 1.165) is 19.4 Å². The number of amides is 1. The number of hydrogen-bond acceptors (Lipinski definition) is 2. The second kappa shape index (κ2) is 6.00. The van der Waals surface area contributed by atoms with Crippen LogP contribution in [0.25, 0.3) is 0 Å². The van der Waals surface area contributed by atoms with Crippen molar-refractivity contribution >= 4 is 5.91 Å². The standard InChI is InChI=1S/C9H20N2O/c1-4-6-11-8(9(10)12)7(3)5-2/h7-8,11H,4-6H2,1-3H3,(H2,10,12). The second-order valence-corrected chi connectivity index (χ2v) is 3.22. The largest absolute Gasteiger partial charge is 0.368 e. The van der Waals surface area contributed by atoms with Gasteiger partial charge in [-0.05, 0) is 18.9 Å². The Morgan fingerprint density at radius 1 is 1.50 bits per heavy atom. The molecule has 2 unspecified atom stereocenters. The third-order valence-electron chi connectivity index (χ3n) is 2.13. The Labute approximate surface area is 74.7 Å². The molecule has 0 aromatic rings. The molecule has 0 aliphatic carbocycles. The van der Waals surface area contributed by atoms with Gasteiger partial charge in [0.25, 0.3) is 0 Å². The molecule has 0 aromatic heterocycles. The van der Waals surface area contributed by atoms with Crippen LogP contribution in [0.4, 0.5) is 0 Å². The third-order valence-corrected chi connectivity index (χ3v) is 2.13. The van der Waals surface area contributed by atoms with Gasteiger partial charge >= 0.3 is 0 Å². The fraction of sp³-hybridized carbons (Fsp3) is 0.889. The van der Waals surface area contributed by atoms with Gasteiger partial charge in [0.2, 0.25) is 5.91 Å². The highest BCUT2D eigenvalue weighted by molar-refractivity contribution is 5.80. The Hall–Kier alpha value is -0.570. The topological polar surface area (TPSA) is 55.1 Å². The van der Waals surface area contributed by atoms with E-state index in [-0.39, 0.29) is 11.9 Å². The molecule has 12 heavy (non-hydrogen) atoms. The molecule has 3 N–H and O–H groups in total. The maximum absolute atomic E-state index is 11.0. The van der Waals surface area contributed by atoms with E-state index in [1.807, 2.05) is 6.92 Å². The van der Waals surface area contributed by atoms with E-state index in [2.05, 4.69) is 19.2 Å². The minimum Gasteiger partial charge on any atom is -0.368 e. The molecule has 3 nitrogen and oxygen atoms in total. The van der Waals surface area contributed by atoms with Gasteiger partial charge in [-0.15, -0.1) is 0 Å². The molecule has 0 fully saturated rings. The first-order chi connectivity index (χ1) is 5.63. The van der Waals surface area contributed by atoms with Crippen molar-refractivity contribution < 1.29 is 4.79 Å². The Kier molecular flexibility index (Phi) is 5.72. The van der Waals surface area contributed by atoms with Crippen molar-refractivity contribution in [1.29, 1.82) is 0 Å². The minimum absolute atomic E-state index is 0.157. The highest BCUT2D eigenvalue weighted by Crippen LogP contribution is 2.06. The zero-order valence-electron chi connectivity index (χ0n) is 8.26. The molecule has 0 aliphatic heterocycles. The number of primary amides is 1. The van der Waals surface area contributed by atoms with Crippen LogP contribution in [-0.4, -0.2) is 18.5 Å². The van der Waals surface area contributed by atoms with Crippen molar-refractivity contribution in [2.45, 2.75) is 39.7 Å². The number of rotatable bonds is 6. The lowest BCUT2D eigenvalue weighted by atomic mass is 9.98. The van der Waals surface area contributed by atoms with E-state index in [9.17, 15) is 4.79 Å². The summed E-state index contributed by atoms with van der Waals surface area (Å²) >= 11 is 0. The third kappa shape index (κ3) is 3.72. The van der Waals surface area contributed by atoms with Crippen LogP contribution in [0.1, 0.15) is 33.6 Å². The summed E-state index contributed by atoms with van der Waals surface area (Å²) in [7, 11) is 0. The predicted molar refractivity (Wildman–Crippen MR) is 50.7 cm³/mol. The molecule has 0 aromatic carbocycles. The fourth-order valence-electron chi connectivity index (χ4n) is 1.12. The average molecular weight is 172 g/mol. The maximum Gasteiger partial charge on any atom is 0.234 e. The molecule has 1 amide bonds. The molecule has 0 bridgehead atoms. The van der Waals surface area contributed by atoms with E-state index in [0.29, 0.717) is 5.92 Å². The lowest BCUT2D eigenvalue weighted by molar-refractivity contribution is -0.121. The van der Waals surface area contributed by atoms with Crippen LogP contribution in [0.15, 0.2) is 0 Å². The molecule has 0 spiro atoms. The predicted octanol–water partition coefficient (Wildman–Crippen LogP) is 0.886. The molecule has 0 saturated heterocycles. The molecule has 0 saturated carbocycles. The lowest BCUT2D eigenvalue weighted by Crippen LogP contribution is -2.45. The molecule has 3 heteroatoms. The molecular weight excluding hydrogens is 152 g/mol. The van der Waals surface area contributed by atoms with Crippen LogP contribution in [0.5, 0.6) is 0 Å². The average Bonchev–Trinajstić information content (AvgIpc) is 2.04. The van der Waals surface area contributed by atoms with Crippen molar-refractivity contribution in [3.05, 3.63) is 0 Å². The second-order valence-electron chi connectivity index (χ2n) is 3.22. The Morgan fingerprint density at radius 3 is 2.42 bits per heavy atom. The van der Waals surface area contributed by atoms with Crippen LogP contribution in [0.3, 0.4) is 0 Å². The highest BCUT2D eigenvalue weighted by Gasteiger charge is 2.19. The van der Waals surface area contributed by atoms with Gasteiger partial charge in [-0.3, -0.25) is 4.79 Å². The van der Waals surface area contributed by atoms with E-state index < -0.39 is 0 Å². The smallest absolute Gasteiger partial charge is 0.234 e. The summed E-state index contributed by atoms with van der Waals surface area (Å²) in [6, 6.07) is -0.157. The van der Waals surface area contributed by atoms with Gasteiger partial charge in [0.05, 0.1) is 6.04 Å². The molecular formula is C9H20N2O. The number of hydrogen-bond donors (Lipinski definition) is 2. The first-order valence-corrected chi connectivity index (χ1v) is 4.66. The molecule has 0 rings (SSSR count). The monoisotopic (exact) mass is 172 g/mol. The Bertz CT molecular complexity index is 136. The van der Waals surface area contributed by atoms with Crippen molar-refractivity contribution in [2.75, 3.05) is 6.54 Å². The summed E-state index contributed by atoms with van der Waals surface area (Å²) in [6.45, 7) is 7.03. The Balaban J connectivity index is 3.94. The lowest BCUT2D eigenvalue weighted by Gasteiger charge is -2.20. The summed E-state index contributed by atoms with van der Waals surface area (Å²) < 4.78 is 0. The molecule has 0 radical (unpaired) electrons. The van der Waals surface area contributed by atoms with Crippen molar-refractivity contribution in [3.8, 4) is 0 Å². The van der Waals surface area contributed by atoms with Crippen LogP contribution in [0, 0.1) is 5.92 Å². The number of nitrogens with two attached hydrogens (primary N) is 1. The first kappa shape index (κ1) is 11.4. The van der Waals surface area contributed by atoms with Gasteiger partial charge in [0.1, 0.15) is 0 Å². The van der Waals surface area contributed by atoms with Gasteiger partial charge in [-0.2, -0.15) is 0 Å². The van der Waals surface area contributed by atoms with E-state index in [4.69, 9.17) is 5.73 Å².